The van der Waals surface area contributed by atoms with E-state index in [1.807, 2.05) is 84.7 Å². The highest BCUT2D eigenvalue weighted by Gasteiger charge is 2.34. The smallest absolute Gasteiger partial charge is 0.245 e. The molecule has 0 aliphatic carbocycles. The summed E-state index contributed by atoms with van der Waals surface area (Å²) in [6.07, 6.45) is 8.56. The molecule has 3 aromatic carbocycles. The highest BCUT2D eigenvalue weighted by molar-refractivity contribution is 7.99. The fraction of sp³-hybridized carbons (Fsp3) is 0.366. The number of hydrogen-bond acceptors (Lipinski definition) is 8. The first-order valence-electron chi connectivity index (χ1n) is 18.8. The molecule has 0 bridgehead atoms. The molecule has 0 unspecified atom stereocenters. The number of nitrogens with one attached hydrogen (secondary N) is 4. The van der Waals surface area contributed by atoms with Gasteiger partial charge >= 0.3 is 0 Å². The average Bonchev–Trinajstić information content (AvgIpc) is 3.82. The second-order valence-corrected chi connectivity index (χ2v) is 15.5. The van der Waals surface area contributed by atoms with Crippen LogP contribution in [0.3, 0.4) is 0 Å². The van der Waals surface area contributed by atoms with Crippen LogP contribution in [0.25, 0.3) is 22.2 Å². The topological polar surface area (TPSA) is 176 Å². The molecular formula is C41H50ClN9O3S. The van der Waals surface area contributed by atoms with Crippen molar-refractivity contribution in [3.05, 3.63) is 101 Å². The molecule has 5 aromatic rings. The summed E-state index contributed by atoms with van der Waals surface area (Å²) in [5.41, 5.74) is 16.9. The van der Waals surface area contributed by atoms with Crippen molar-refractivity contribution in [3.8, 4) is 11.3 Å². The Kier molecular flexibility index (Phi) is 13.7. The number of amides is 3. The number of imidazole rings is 1. The van der Waals surface area contributed by atoms with Gasteiger partial charge in [-0.2, -0.15) is 0 Å². The van der Waals surface area contributed by atoms with Gasteiger partial charge in [0.15, 0.2) is 0 Å². The number of unbranched alkanes of at least 4 members (excludes halogenated alkanes) is 1. The van der Waals surface area contributed by atoms with Crippen molar-refractivity contribution in [2.75, 3.05) is 20.1 Å². The third-order valence-corrected chi connectivity index (χ3v) is 11.8. The molecule has 3 heterocycles. The fourth-order valence-corrected chi connectivity index (χ4v) is 8.39. The number of nitrogens with zero attached hydrogens (tertiary/aromatic N) is 3. The molecule has 55 heavy (non-hydrogen) atoms. The molecule has 14 heteroatoms. The number of rotatable bonds is 10. The Labute approximate surface area is 331 Å². The lowest BCUT2D eigenvalue weighted by Crippen LogP contribution is -2.57. The number of halogens is 1. The van der Waals surface area contributed by atoms with Gasteiger partial charge in [0.2, 0.25) is 17.7 Å². The zero-order valence-corrected chi connectivity index (χ0v) is 32.9. The van der Waals surface area contributed by atoms with Crippen LogP contribution in [0.1, 0.15) is 48.8 Å². The molecular weight excluding hydrogens is 734 g/mol. The number of aryl methyl sites for hydroxylation is 1. The van der Waals surface area contributed by atoms with E-state index in [1.165, 1.54) is 16.7 Å². The molecule has 1 aliphatic rings. The van der Waals surface area contributed by atoms with Gasteiger partial charge in [0.1, 0.15) is 12.1 Å². The molecule has 2 aromatic heterocycles. The van der Waals surface area contributed by atoms with Crippen LogP contribution in [0.5, 0.6) is 0 Å². The molecule has 1 aliphatic heterocycles. The van der Waals surface area contributed by atoms with Crippen molar-refractivity contribution in [1.29, 1.82) is 0 Å². The monoisotopic (exact) mass is 783 g/mol. The molecule has 3 atom stereocenters. The van der Waals surface area contributed by atoms with E-state index in [2.05, 4.69) is 25.9 Å². The maximum Gasteiger partial charge on any atom is 0.245 e. The standard InChI is InChI=1S/C41H50ClN9O3S/c1-50-24-35(48-25-50)27-18-29-23-47-40(53)36(20-28-22-45-32-12-5-4-11-30(28)32)51(2)41(54)34(13-7-8-16-43)49-39(52)33(14-9-17-44)46-21-26-10-3-6-15-37(26)55-38(29)31(42)19-27/h3-6,10-12,15,18-19,22,24-25,33-34,36,45-46H,7-9,13-14,16-17,20-21,23,43-44H2,1-2H3,(H,47,53)(H,49,52)/t33-,34-,36-/m0/s1. The van der Waals surface area contributed by atoms with Gasteiger partial charge in [-0.15, -0.1) is 0 Å². The molecule has 0 radical (unpaired) electrons. The van der Waals surface area contributed by atoms with E-state index in [-0.39, 0.29) is 30.7 Å². The molecule has 0 fully saturated rings. The van der Waals surface area contributed by atoms with E-state index in [4.69, 9.17) is 23.1 Å². The third kappa shape index (κ3) is 9.78. The van der Waals surface area contributed by atoms with Crippen LogP contribution in [0.15, 0.2) is 89.2 Å². The predicted octanol–water partition coefficient (Wildman–Crippen LogP) is 4.88. The summed E-state index contributed by atoms with van der Waals surface area (Å²) in [6.45, 7) is 1.41. The lowest BCUT2D eigenvalue weighted by Gasteiger charge is -2.32. The highest BCUT2D eigenvalue weighted by atomic mass is 35.5. The molecule has 0 saturated carbocycles. The van der Waals surface area contributed by atoms with Gasteiger partial charge < -0.3 is 41.9 Å². The van der Waals surface area contributed by atoms with Gasteiger partial charge in [0, 0.05) is 72.3 Å². The summed E-state index contributed by atoms with van der Waals surface area (Å²) in [5, 5.41) is 11.2. The quantitative estimate of drug-likeness (QED) is 0.109. The molecule has 3 amide bonds. The number of carbonyl (C=O) groups is 3. The van der Waals surface area contributed by atoms with Gasteiger partial charge in [0.05, 0.1) is 23.1 Å². The lowest BCUT2D eigenvalue weighted by atomic mass is 10.0. The minimum Gasteiger partial charge on any atom is -0.361 e. The minimum atomic E-state index is -0.909. The molecule has 8 N–H and O–H groups in total. The maximum atomic E-state index is 14.5. The van der Waals surface area contributed by atoms with E-state index in [9.17, 15) is 14.4 Å². The van der Waals surface area contributed by atoms with Crippen molar-refractivity contribution in [1.82, 2.24) is 35.4 Å². The Morgan fingerprint density at radius 3 is 2.44 bits per heavy atom. The van der Waals surface area contributed by atoms with Gasteiger partial charge in [-0.3, -0.25) is 14.4 Å². The van der Waals surface area contributed by atoms with Crippen molar-refractivity contribution < 1.29 is 14.4 Å². The molecule has 6 rings (SSSR count). The number of fused-ring (bicyclic) bond motifs is 3. The first kappa shape index (κ1) is 40.0. The van der Waals surface area contributed by atoms with E-state index in [0.29, 0.717) is 56.8 Å². The number of carbonyl (C=O) groups excluding carboxylic acids is 3. The normalized spacial score (nSPS) is 18.7. The molecule has 290 valence electrons. The van der Waals surface area contributed by atoms with E-state index >= 15 is 0 Å². The minimum absolute atomic E-state index is 0.145. The van der Waals surface area contributed by atoms with Crippen LogP contribution in [0, 0.1) is 0 Å². The summed E-state index contributed by atoms with van der Waals surface area (Å²) in [6, 6.07) is 17.3. The number of aromatic amines is 1. The van der Waals surface area contributed by atoms with Crippen LogP contribution in [-0.4, -0.2) is 75.4 Å². The molecule has 0 spiro atoms. The van der Waals surface area contributed by atoms with Gasteiger partial charge in [-0.05, 0) is 86.1 Å². The summed E-state index contributed by atoms with van der Waals surface area (Å²) in [5.74, 6) is -0.986. The van der Waals surface area contributed by atoms with Crippen LogP contribution >= 0.6 is 23.4 Å². The van der Waals surface area contributed by atoms with Crippen LogP contribution < -0.4 is 27.4 Å². The number of nitrogens with two attached hydrogens (primary N) is 2. The second kappa shape index (κ2) is 18.8. The van der Waals surface area contributed by atoms with E-state index < -0.39 is 18.1 Å². The predicted molar refractivity (Wildman–Crippen MR) is 218 cm³/mol. The van der Waals surface area contributed by atoms with Crippen LogP contribution in [0.4, 0.5) is 0 Å². The van der Waals surface area contributed by atoms with Crippen molar-refractivity contribution >= 4 is 52.0 Å². The number of hydrogen-bond donors (Lipinski definition) is 6. The summed E-state index contributed by atoms with van der Waals surface area (Å²) >= 11 is 8.61. The third-order valence-electron chi connectivity index (χ3n) is 10.1. The van der Waals surface area contributed by atoms with Crippen molar-refractivity contribution in [3.63, 3.8) is 0 Å². The number of para-hydroxylation sites is 1. The zero-order valence-electron chi connectivity index (χ0n) is 31.3. The largest absolute Gasteiger partial charge is 0.361 e. The highest BCUT2D eigenvalue weighted by Crippen LogP contribution is 2.40. The van der Waals surface area contributed by atoms with Gasteiger partial charge in [0.25, 0.3) is 0 Å². The fourth-order valence-electron chi connectivity index (χ4n) is 6.98. The lowest BCUT2D eigenvalue weighted by molar-refractivity contribution is -0.142. The number of benzene rings is 3. The molecule has 0 saturated heterocycles. The van der Waals surface area contributed by atoms with E-state index in [1.54, 1.807) is 13.4 Å². The summed E-state index contributed by atoms with van der Waals surface area (Å²) < 4.78 is 1.87. The summed E-state index contributed by atoms with van der Waals surface area (Å²) in [4.78, 5) is 54.2. The zero-order chi connectivity index (χ0) is 38.9. The Balaban J connectivity index is 1.44. The molecule has 12 nitrogen and oxygen atoms in total. The van der Waals surface area contributed by atoms with Crippen LogP contribution in [0.2, 0.25) is 5.02 Å². The Hall–Kier alpha value is -4.66. The Morgan fingerprint density at radius 1 is 0.891 bits per heavy atom. The summed E-state index contributed by atoms with van der Waals surface area (Å²) in [7, 11) is 3.54. The first-order chi connectivity index (χ1) is 26.7. The number of likely N-dealkylation sites (N-methyl/N-ethyl adjacent to an activating group) is 1. The number of aromatic nitrogens is 3. The van der Waals surface area contributed by atoms with Crippen molar-refractivity contribution in [2.24, 2.45) is 18.5 Å². The van der Waals surface area contributed by atoms with Gasteiger partial charge in [-0.25, -0.2) is 4.98 Å². The number of H-pyrrole nitrogens is 1. The Bertz CT molecular complexity index is 2120. The van der Waals surface area contributed by atoms with E-state index in [0.717, 1.165) is 48.6 Å². The maximum absolute atomic E-state index is 14.5. The van der Waals surface area contributed by atoms with Crippen molar-refractivity contribution in [2.45, 2.75) is 79.5 Å². The first-order valence-corrected chi connectivity index (χ1v) is 20.0. The van der Waals surface area contributed by atoms with Gasteiger partial charge in [-0.1, -0.05) is 59.8 Å². The SMILES string of the molecule is CN1C(=O)[C@H](CCCCN)NC(=O)[C@H](CCCN)NCc2ccccc2Sc2c(Cl)cc(-c3cn(C)cn3)cc2CNC(=O)[C@@H]1Cc1c[nH]c2ccccc12. The average molecular weight is 784 g/mol. The Morgan fingerprint density at radius 2 is 1.65 bits per heavy atom. The second-order valence-electron chi connectivity index (χ2n) is 14.0. The van der Waals surface area contributed by atoms with Crippen LogP contribution in [-0.2, 0) is 40.9 Å².